The summed E-state index contributed by atoms with van der Waals surface area (Å²) >= 11 is 0. The van der Waals surface area contributed by atoms with Crippen molar-refractivity contribution >= 4 is 6.03 Å². The maximum Gasteiger partial charge on any atom is 0.317 e. The lowest BCUT2D eigenvalue weighted by Crippen LogP contribution is -2.40. The van der Waals surface area contributed by atoms with Crippen LogP contribution in [-0.2, 0) is 6.54 Å². The minimum Gasteiger partial charge on any atom is -0.338 e. The molecule has 138 valence electrons. The van der Waals surface area contributed by atoms with Gasteiger partial charge in [-0.15, -0.1) is 10.2 Å². The van der Waals surface area contributed by atoms with Gasteiger partial charge in [0.05, 0.1) is 0 Å². The second-order valence-electron chi connectivity index (χ2n) is 8.37. The third-order valence-electron chi connectivity index (χ3n) is 6.42. The molecule has 1 aromatic heterocycles. The maximum absolute atomic E-state index is 12.6. The van der Waals surface area contributed by atoms with Crippen molar-refractivity contribution in [2.75, 3.05) is 19.6 Å². The lowest BCUT2D eigenvalue weighted by molar-refractivity contribution is 0.163. The van der Waals surface area contributed by atoms with Crippen LogP contribution in [0.25, 0.3) is 0 Å². The summed E-state index contributed by atoms with van der Waals surface area (Å²) in [5.74, 6) is 2.27. The van der Waals surface area contributed by atoms with Crippen LogP contribution in [0.15, 0.2) is 6.33 Å². The molecule has 25 heavy (non-hydrogen) atoms. The van der Waals surface area contributed by atoms with Crippen molar-refractivity contribution < 1.29 is 4.79 Å². The molecule has 0 bridgehead atoms. The number of rotatable bonds is 5. The fourth-order valence-corrected chi connectivity index (χ4v) is 4.84. The molecule has 2 saturated carbocycles. The molecule has 1 aliphatic heterocycles. The van der Waals surface area contributed by atoms with Crippen molar-refractivity contribution in [3.63, 3.8) is 0 Å². The van der Waals surface area contributed by atoms with E-state index in [2.05, 4.69) is 27.0 Å². The molecule has 2 amide bonds. The number of carbonyl (C=O) groups is 1. The molecule has 6 heteroatoms. The van der Waals surface area contributed by atoms with E-state index in [0.29, 0.717) is 5.92 Å². The van der Waals surface area contributed by atoms with Crippen molar-refractivity contribution in [2.24, 2.45) is 11.3 Å². The quantitative estimate of drug-likeness (QED) is 0.891. The van der Waals surface area contributed by atoms with E-state index in [9.17, 15) is 4.79 Å². The van der Waals surface area contributed by atoms with Gasteiger partial charge in [-0.25, -0.2) is 4.79 Å². The van der Waals surface area contributed by atoms with E-state index in [4.69, 9.17) is 0 Å². The summed E-state index contributed by atoms with van der Waals surface area (Å²) in [7, 11) is 0. The highest BCUT2D eigenvalue weighted by Crippen LogP contribution is 2.51. The molecule has 1 N–H and O–H groups in total. The van der Waals surface area contributed by atoms with E-state index in [0.717, 1.165) is 44.3 Å². The number of aromatic nitrogens is 3. The number of amides is 2. The molecular weight excluding hydrogens is 314 g/mol. The molecule has 1 saturated heterocycles. The fourth-order valence-electron chi connectivity index (χ4n) is 4.84. The SMILES string of the molecule is CCCNC(=O)N1CC(c2nncn2CC2CC2)C2(CCCCC2)C1. The number of hydrogen-bond donors (Lipinski definition) is 1. The first-order chi connectivity index (χ1) is 12.2. The van der Waals surface area contributed by atoms with Gasteiger partial charge in [0, 0.05) is 32.1 Å². The number of likely N-dealkylation sites (tertiary alicyclic amines) is 1. The standard InChI is InChI=1S/C19H31N5O/c1-2-10-20-18(25)23-12-16(19(13-23)8-4-3-5-9-19)17-22-21-14-24(17)11-15-6-7-15/h14-16H,2-13H2,1H3,(H,20,25). The Labute approximate surface area is 150 Å². The van der Waals surface area contributed by atoms with E-state index >= 15 is 0 Å². The summed E-state index contributed by atoms with van der Waals surface area (Å²) in [6.07, 6.45) is 11.9. The van der Waals surface area contributed by atoms with E-state index in [1.165, 1.54) is 44.9 Å². The molecule has 6 nitrogen and oxygen atoms in total. The third-order valence-corrected chi connectivity index (χ3v) is 6.42. The van der Waals surface area contributed by atoms with Crippen molar-refractivity contribution in [3.8, 4) is 0 Å². The Balaban J connectivity index is 1.57. The number of nitrogens with zero attached hydrogens (tertiary/aromatic N) is 4. The Bertz CT molecular complexity index is 603. The van der Waals surface area contributed by atoms with Crippen LogP contribution in [0.5, 0.6) is 0 Å². The maximum atomic E-state index is 12.6. The molecule has 1 atom stereocenters. The van der Waals surface area contributed by atoms with Crippen LogP contribution in [-0.4, -0.2) is 45.3 Å². The van der Waals surface area contributed by atoms with E-state index < -0.39 is 0 Å². The topological polar surface area (TPSA) is 63.1 Å². The first-order valence-corrected chi connectivity index (χ1v) is 10.1. The van der Waals surface area contributed by atoms with Crippen LogP contribution in [0.2, 0.25) is 0 Å². The zero-order chi connectivity index (χ0) is 17.3. The monoisotopic (exact) mass is 345 g/mol. The van der Waals surface area contributed by atoms with Gasteiger partial charge >= 0.3 is 6.03 Å². The van der Waals surface area contributed by atoms with Gasteiger partial charge in [0.15, 0.2) is 0 Å². The van der Waals surface area contributed by atoms with Crippen LogP contribution in [0.3, 0.4) is 0 Å². The summed E-state index contributed by atoms with van der Waals surface area (Å²) in [5, 5.41) is 11.8. The zero-order valence-electron chi connectivity index (χ0n) is 15.4. The highest BCUT2D eigenvalue weighted by molar-refractivity contribution is 5.74. The largest absolute Gasteiger partial charge is 0.338 e. The van der Waals surface area contributed by atoms with Gasteiger partial charge in [0.1, 0.15) is 12.2 Å². The Morgan fingerprint density at radius 3 is 2.84 bits per heavy atom. The summed E-state index contributed by atoms with van der Waals surface area (Å²) < 4.78 is 2.28. The minimum absolute atomic E-state index is 0.0996. The average Bonchev–Trinajstić information content (AvgIpc) is 3.21. The van der Waals surface area contributed by atoms with Crippen molar-refractivity contribution in [1.82, 2.24) is 25.0 Å². The Kier molecular flexibility index (Phi) is 4.69. The molecule has 0 aromatic carbocycles. The fraction of sp³-hybridized carbons (Fsp3) is 0.842. The number of urea groups is 1. The van der Waals surface area contributed by atoms with Crippen LogP contribution in [0.4, 0.5) is 4.79 Å². The highest BCUT2D eigenvalue weighted by atomic mass is 16.2. The summed E-state index contributed by atoms with van der Waals surface area (Å²) in [6, 6.07) is 0.0996. The predicted molar refractivity (Wildman–Crippen MR) is 96.3 cm³/mol. The zero-order valence-corrected chi connectivity index (χ0v) is 15.4. The van der Waals surface area contributed by atoms with Gasteiger partial charge in [-0.3, -0.25) is 0 Å². The first-order valence-electron chi connectivity index (χ1n) is 10.1. The van der Waals surface area contributed by atoms with Crippen LogP contribution < -0.4 is 5.32 Å². The van der Waals surface area contributed by atoms with Gasteiger partial charge in [0.2, 0.25) is 0 Å². The molecule has 4 rings (SSSR count). The molecule has 1 aromatic rings. The van der Waals surface area contributed by atoms with Crippen LogP contribution in [0, 0.1) is 11.3 Å². The normalized spacial score (nSPS) is 25.5. The molecule has 3 fully saturated rings. The highest BCUT2D eigenvalue weighted by Gasteiger charge is 2.50. The molecule has 2 heterocycles. The van der Waals surface area contributed by atoms with Gasteiger partial charge in [0.25, 0.3) is 0 Å². The number of carbonyl (C=O) groups excluding carboxylic acids is 1. The number of nitrogens with one attached hydrogen (secondary N) is 1. The Morgan fingerprint density at radius 2 is 2.12 bits per heavy atom. The lowest BCUT2D eigenvalue weighted by Gasteiger charge is -2.37. The van der Waals surface area contributed by atoms with E-state index in [-0.39, 0.29) is 11.4 Å². The lowest BCUT2D eigenvalue weighted by atomic mass is 9.67. The average molecular weight is 345 g/mol. The van der Waals surface area contributed by atoms with E-state index in [1.54, 1.807) is 0 Å². The summed E-state index contributed by atoms with van der Waals surface area (Å²) in [6.45, 7) is 5.57. The summed E-state index contributed by atoms with van der Waals surface area (Å²) in [4.78, 5) is 14.6. The van der Waals surface area contributed by atoms with Gasteiger partial charge in [-0.05, 0) is 43.4 Å². The second kappa shape index (κ2) is 6.96. The predicted octanol–water partition coefficient (Wildman–Crippen LogP) is 3.16. The Morgan fingerprint density at radius 1 is 1.32 bits per heavy atom. The molecule has 2 aliphatic carbocycles. The second-order valence-corrected chi connectivity index (χ2v) is 8.37. The van der Waals surface area contributed by atoms with Crippen LogP contribution in [0.1, 0.15) is 70.0 Å². The number of hydrogen-bond acceptors (Lipinski definition) is 3. The molecule has 0 radical (unpaired) electrons. The van der Waals surface area contributed by atoms with Crippen molar-refractivity contribution in [1.29, 1.82) is 0 Å². The van der Waals surface area contributed by atoms with Gasteiger partial charge < -0.3 is 14.8 Å². The molecule has 1 spiro atoms. The van der Waals surface area contributed by atoms with E-state index in [1.807, 2.05) is 11.2 Å². The Hall–Kier alpha value is -1.59. The first kappa shape index (κ1) is 16.9. The van der Waals surface area contributed by atoms with Crippen molar-refractivity contribution in [2.45, 2.75) is 70.8 Å². The smallest absolute Gasteiger partial charge is 0.317 e. The van der Waals surface area contributed by atoms with Gasteiger partial charge in [-0.1, -0.05) is 26.2 Å². The van der Waals surface area contributed by atoms with Crippen LogP contribution >= 0.6 is 0 Å². The van der Waals surface area contributed by atoms with Crippen molar-refractivity contribution in [3.05, 3.63) is 12.2 Å². The minimum atomic E-state index is 0.0996. The molecule has 1 unspecified atom stereocenters. The molecule has 3 aliphatic rings. The third kappa shape index (κ3) is 3.40. The van der Waals surface area contributed by atoms with Gasteiger partial charge in [-0.2, -0.15) is 0 Å². The molecular formula is C19H31N5O. The summed E-state index contributed by atoms with van der Waals surface area (Å²) in [5.41, 5.74) is 0.205.